The van der Waals surface area contributed by atoms with E-state index in [4.69, 9.17) is 5.11 Å². The van der Waals surface area contributed by atoms with Gasteiger partial charge in [-0.3, -0.25) is 9.59 Å². The molecule has 0 aromatic rings. The molecule has 1 aliphatic heterocycles. The van der Waals surface area contributed by atoms with Crippen molar-refractivity contribution in [3.8, 4) is 0 Å². The smallest absolute Gasteiger partial charge is 0.308 e. The highest BCUT2D eigenvalue weighted by Gasteiger charge is 2.39. The van der Waals surface area contributed by atoms with Crippen molar-refractivity contribution in [3.63, 3.8) is 0 Å². The molecule has 3 unspecified atom stereocenters. The van der Waals surface area contributed by atoms with E-state index in [1.165, 1.54) is 6.42 Å². The van der Waals surface area contributed by atoms with Gasteiger partial charge in [0.05, 0.1) is 5.92 Å². The third-order valence-electron chi connectivity index (χ3n) is 4.10. The molecule has 4 heteroatoms. The summed E-state index contributed by atoms with van der Waals surface area (Å²) in [5.74, 6) is -0.0163. The summed E-state index contributed by atoms with van der Waals surface area (Å²) in [6, 6.07) is 0.269. The van der Waals surface area contributed by atoms with Crippen molar-refractivity contribution in [1.82, 2.24) is 4.90 Å². The SMILES string of the molecule is CC1CC(C)CC(N2CC(C(=O)O)CC2=O)C1. The fraction of sp³-hybridized carbons (Fsp3) is 0.846. The van der Waals surface area contributed by atoms with Gasteiger partial charge >= 0.3 is 5.97 Å². The second-order valence-corrected chi connectivity index (χ2v) is 5.86. The van der Waals surface area contributed by atoms with E-state index in [1.54, 1.807) is 0 Å². The average molecular weight is 239 g/mol. The minimum absolute atomic E-state index is 0.0312. The molecule has 17 heavy (non-hydrogen) atoms. The van der Waals surface area contributed by atoms with Gasteiger partial charge < -0.3 is 10.0 Å². The molecule has 96 valence electrons. The Balaban J connectivity index is 2.02. The topological polar surface area (TPSA) is 57.6 Å². The third kappa shape index (κ3) is 2.61. The summed E-state index contributed by atoms with van der Waals surface area (Å²) in [4.78, 5) is 24.6. The molecule has 2 fully saturated rings. The third-order valence-corrected chi connectivity index (χ3v) is 4.10. The lowest BCUT2D eigenvalue weighted by atomic mass is 9.80. The molecule has 2 aliphatic rings. The van der Waals surface area contributed by atoms with Crippen LogP contribution < -0.4 is 0 Å². The summed E-state index contributed by atoms with van der Waals surface area (Å²) >= 11 is 0. The summed E-state index contributed by atoms with van der Waals surface area (Å²) in [7, 11) is 0. The monoisotopic (exact) mass is 239 g/mol. The minimum Gasteiger partial charge on any atom is -0.481 e. The number of carbonyl (C=O) groups excluding carboxylic acids is 1. The standard InChI is InChI=1S/C13H21NO3/c1-8-3-9(2)5-11(4-8)14-7-10(13(16)17)6-12(14)15/h8-11H,3-7H2,1-2H3,(H,16,17). The van der Waals surface area contributed by atoms with Crippen molar-refractivity contribution in [2.75, 3.05) is 6.54 Å². The van der Waals surface area contributed by atoms with Gasteiger partial charge in [-0.2, -0.15) is 0 Å². The Hall–Kier alpha value is -1.06. The lowest BCUT2D eigenvalue weighted by molar-refractivity contribution is -0.141. The summed E-state index contributed by atoms with van der Waals surface area (Å²) in [6.07, 6.45) is 3.47. The van der Waals surface area contributed by atoms with Crippen molar-refractivity contribution in [3.05, 3.63) is 0 Å². The van der Waals surface area contributed by atoms with E-state index in [-0.39, 0.29) is 18.4 Å². The molecule has 1 saturated heterocycles. The Kier molecular flexibility index (Phi) is 3.40. The molecule has 1 N–H and O–H groups in total. The quantitative estimate of drug-likeness (QED) is 0.798. The summed E-state index contributed by atoms with van der Waals surface area (Å²) < 4.78 is 0. The first-order valence-electron chi connectivity index (χ1n) is 6.49. The average Bonchev–Trinajstić information content (AvgIpc) is 2.59. The number of carboxylic acids is 1. The van der Waals surface area contributed by atoms with Crippen LogP contribution in [0.2, 0.25) is 0 Å². The van der Waals surface area contributed by atoms with Crippen molar-refractivity contribution in [2.45, 2.75) is 45.6 Å². The van der Waals surface area contributed by atoms with Gasteiger partial charge in [-0.05, 0) is 31.1 Å². The van der Waals surface area contributed by atoms with Gasteiger partial charge in [0.2, 0.25) is 5.91 Å². The van der Waals surface area contributed by atoms with E-state index in [9.17, 15) is 9.59 Å². The molecule has 1 aliphatic carbocycles. The lowest BCUT2D eigenvalue weighted by Gasteiger charge is -2.37. The largest absolute Gasteiger partial charge is 0.481 e. The zero-order chi connectivity index (χ0) is 12.6. The van der Waals surface area contributed by atoms with Crippen LogP contribution in [0.1, 0.15) is 39.5 Å². The summed E-state index contributed by atoms with van der Waals surface area (Å²) in [5.41, 5.74) is 0. The number of carboxylic acid groups (broad SMARTS) is 1. The lowest BCUT2D eigenvalue weighted by Crippen LogP contribution is -2.41. The molecule has 0 aromatic heterocycles. The highest BCUT2D eigenvalue weighted by molar-refractivity contribution is 5.86. The molecule has 1 saturated carbocycles. The Bertz CT molecular complexity index is 319. The van der Waals surface area contributed by atoms with E-state index in [0.29, 0.717) is 18.4 Å². The number of nitrogens with zero attached hydrogens (tertiary/aromatic N) is 1. The van der Waals surface area contributed by atoms with Gasteiger partial charge in [-0.1, -0.05) is 13.8 Å². The van der Waals surface area contributed by atoms with Crippen LogP contribution in [0, 0.1) is 17.8 Å². The second-order valence-electron chi connectivity index (χ2n) is 5.86. The van der Waals surface area contributed by atoms with Crippen LogP contribution in [-0.4, -0.2) is 34.5 Å². The second kappa shape index (κ2) is 4.67. The fourth-order valence-corrected chi connectivity index (χ4v) is 3.41. The van der Waals surface area contributed by atoms with Crippen LogP contribution >= 0.6 is 0 Å². The zero-order valence-electron chi connectivity index (χ0n) is 10.6. The van der Waals surface area contributed by atoms with Gasteiger partial charge in [0.15, 0.2) is 0 Å². The number of hydrogen-bond donors (Lipinski definition) is 1. The summed E-state index contributed by atoms with van der Waals surface area (Å²) in [5, 5.41) is 8.97. The molecule has 0 bridgehead atoms. The van der Waals surface area contributed by atoms with Crippen LogP contribution in [0.15, 0.2) is 0 Å². The number of hydrogen-bond acceptors (Lipinski definition) is 2. The van der Waals surface area contributed by atoms with Gasteiger partial charge in [-0.15, -0.1) is 0 Å². The van der Waals surface area contributed by atoms with Crippen LogP contribution in [0.25, 0.3) is 0 Å². The molecule has 3 atom stereocenters. The molecule has 4 nitrogen and oxygen atoms in total. The van der Waals surface area contributed by atoms with Gasteiger partial charge in [0.25, 0.3) is 0 Å². The molecule has 0 spiro atoms. The zero-order valence-corrected chi connectivity index (χ0v) is 10.6. The van der Waals surface area contributed by atoms with Crippen molar-refractivity contribution >= 4 is 11.9 Å². The number of aliphatic carboxylic acids is 1. The van der Waals surface area contributed by atoms with E-state index in [2.05, 4.69) is 13.8 Å². The van der Waals surface area contributed by atoms with E-state index < -0.39 is 11.9 Å². The Morgan fingerprint density at radius 3 is 2.29 bits per heavy atom. The maximum absolute atomic E-state index is 11.9. The van der Waals surface area contributed by atoms with Gasteiger partial charge in [0.1, 0.15) is 0 Å². The minimum atomic E-state index is -0.835. The Morgan fingerprint density at radius 2 is 1.82 bits per heavy atom. The Morgan fingerprint density at radius 1 is 1.24 bits per heavy atom. The maximum atomic E-state index is 11.9. The van der Waals surface area contributed by atoms with E-state index in [0.717, 1.165) is 12.8 Å². The Labute approximate surface area is 102 Å². The van der Waals surface area contributed by atoms with Gasteiger partial charge in [-0.25, -0.2) is 0 Å². The predicted octanol–water partition coefficient (Wildman–Crippen LogP) is 1.74. The maximum Gasteiger partial charge on any atom is 0.308 e. The van der Waals surface area contributed by atoms with Crippen molar-refractivity contribution in [2.24, 2.45) is 17.8 Å². The fourth-order valence-electron chi connectivity index (χ4n) is 3.41. The van der Waals surface area contributed by atoms with Crippen LogP contribution in [-0.2, 0) is 9.59 Å². The summed E-state index contributed by atoms with van der Waals surface area (Å²) in [6.45, 7) is 4.86. The molecule has 2 rings (SSSR count). The number of likely N-dealkylation sites (tertiary alicyclic amines) is 1. The van der Waals surface area contributed by atoms with E-state index in [1.807, 2.05) is 4.90 Å². The van der Waals surface area contributed by atoms with Crippen LogP contribution in [0.5, 0.6) is 0 Å². The first kappa shape index (κ1) is 12.4. The first-order chi connectivity index (χ1) is 7.97. The van der Waals surface area contributed by atoms with Crippen molar-refractivity contribution < 1.29 is 14.7 Å². The first-order valence-corrected chi connectivity index (χ1v) is 6.49. The van der Waals surface area contributed by atoms with Crippen LogP contribution in [0.4, 0.5) is 0 Å². The van der Waals surface area contributed by atoms with E-state index >= 15 is 0 Å². The highest BCUT2D eigenvalue weighted by Crippen LogP contribution is 2.34. The molecule has 0 aromatic carbocycles. The molecular weight excluding hydrogens is 218 g/mol. The molecular formula is C13H21NO3. The van der Waals surface area contributed by atoms with Gasteiger partial charge in [0, 0.05) is 19.0 Å². The molecule has 0 radical (unpaired) electrons. The van der Waals surface area contributed by atoms with Crippen LogP contribution in [0.3, 0.4) is 0 Å². The molecule has 1 amide bonds. The highest BCUT2D eigenvalue weighted by atomic mass is 16.4. The predicted molar refractivity (Wildman–Crippen MR) is 63.4 cm³/mol. The number of carbonyl (C=O) groups is 2. The van der Waals surface area contributed by atoms with Crippen molar-refractivity contribution in [1.29, 1.82) is 0 Å². The number of rotatable bonds is 2. The normalized spacial score (nSPS) is 38.5. The molecule has 1 heterocycles. The number of amides is 1.